The number of ether oxygens (including phenoxy) is 1. The van der Waals surface area contributed by atoms with Gasteiger partial charge < -0.3 is 9.64 Å². The van der Waals surface area contributed by atoms with E-state index in [0.29, 0.717) is 36.5 Å². The lowest BCUT2D eigenvalue weighted by atomic mass is 10.3. The van der Waals surface area contributed by atoms with Crippen LogP contribution in [0.4, 0.5) is 5.82 Å². The van der Waals surface area contributed by atoms with E-state index in [0.717, 1.165) is 16.9 Å². The average molecular weight is 463 g/mol. The van der Waals surface area contributed by atoms with Gasteiger partial charge in [-0.3, -0.25) is 18.9 Å². The van der Waals surface area contributed by atoms with Crippen LogP contribution in [0.3, 0.4) is 0 Å². The molecule has 1 amide bonds. The summed E-state index contributed by atoms with van der Waals surface area (Å²) in [4.78, 5) is 30.4. The molecule has 0 bridgehead atoms. The largest absolute Gasteiger partial charge is 0.378 e. The molecule has 4 rings (SSSR count). The van der Waals surface area contributed by atoms with Crippen LogP contribution >= 0.6 is 11.3 Å². The molecule has 2 aromatic heterocycles. The molecule has 1 aliphatic heterocycles. The molecule has 1 N–H and O–H groups in total. The molecular weight excluding hydrogens is 440 g/mol. The Labute approximate surface area is 183 Å². The summed E-state index contributed by atoms with van der Waals surface area (Å²) < 4.78 is 35.3. The number of morpholine rings is 1. The van der Waals surface area contributed by atoms with E-state index in [9.17, 15) is 18.0 Å². The van der Waals surface area contributed by atoms with Gasteiger partial charge in [0.2, 0.25) is 5.91 Å². The second-order valence-electron chi connectivity index (χ2n) is 7.22. The highest BCUT2D eigenvalue weighted by Crippen LogP contribution is 2.23. The van der Waals surface area contributed by atoms with Gasteiger partial charge in [-0.25, -0.2) is 13.4 Å². The van der Waals surface area contributed by atoms with Crippen molar-refractivity contribution in [3.8, 4) is 0 Å². The number of aromatic nitrogens is 2. The molecule has 31 heavy (non-hydrogen) atoms. The zero-order chi connectivity index (χ0) is 22.0. The Hall–Kier alpha value is -2.76. The van der Waals surface area contributed by atoms with Crippen LogP contribution in [-0.2, 0) is 26.1 Å². The topological polar surface area (TPSA) is 111 Å². The van der Waals surface area contributed by atoms with Crippen molar-refractivity contribution in [3.05, 3.63) is 51.8 Å². The maximum Gasteiger partial charge on any atom is 0.308 e. The van der Waals surface area contributed by atoms with Crippen LogP contribution in [0.2, 0.25) is 0 Å². The number of rotatable bonds is 6. The third-order valence-electron chi connectivity index (χ3n) is 5.02. The van der Waals surface area contributed by atoms with E-state index >= 15 is 0 Å². The SMILES string of the molecule is Cc1ccnc(NS(=O)(=O)c2ccc3c(c2)sc(=O)n3CCC(=O)N2CCOCC2)c1. The van der Waals surface area contributed by atoms with E-state index < -0.39 is 10.0 Å². The minimum Gasteiger partial charge on any atom is -0.378 e. The van der Waals surface area contributed by atoms with Crippen molar-refractivity contribution in [2.24, 2.45) is 0 Å². The number of nitrogens with zero attached hydrogens (tertiary/aromatic N) is 3. The molecule has 0 saturated carbocycles. The number of anilines is 1. The third-order valence-corrected chi connectivity index (χ3v) is 7.31. The van der Waals surface area contributed by atoms with Crippen molar-refractivity contribution in [2.45, 2.75) is 24.8 Å². The fourth-order valence-electron chi connectivity index (χ4n) is 3.39. The molecule has 9 nitrogen and oxygen atoms in total. The zero-order valence-corrected chi connectivity index (χ0v) is 18.5. The molecule has 1 aliphatic rings. The van der Waals surface area contributed by atoms with Crippen molar-refractivity contribution in [1.29, 1.82) is 0 Å². The van der Waals surface area contributed by atoms with Gasteiger partial charge >= 0.3 is 4.87 Å². The lowest BCUT2D eigenvalue weighted by Gasteiger charge is -2.26. The van der Waals surface area contributed by atoms with Gasteiger partial charge in [0.1, 0.15) is 5.82 Å². The minimum absolute atomic E-state index is 0.0244. The Bertz CT molecular complexity index is 1280. The number of amides is 1. The first-order chi connectivity index (χ1) is 14.8. The van der Waals surface area contributed by atoms with E-state index in [1.54, 1.807) is 23.1 Å². The predicted molar refractivity (Wildman–Crippen MR) is 118 cm³/mol. The molecule has 164 valence electrons. The average Bonchev–Trinajstić information content (AvgIpc) is 3.06. The van der Waals surface area contributed by atoms with Gasteiger partial charge in [-0.15, -0.1) is 0 Å². The normalized spacial score (nSPS) is 14.7. The number of aryl methyl sites for hydroxylation is 2. The number of nitrogens with one attached hydrogen (secondary N) is 1. The smallest absolute Gasteiger partial charge is 0.308 e. The van der Waals surface area contributed by atoms with E-state index in [1.165, 1.54) is 22.9 Å². The summed E-state index contributed by atoms with van der Waals surface area (Å²) in [5.74, 6) is 0.205. The van der Waals surface area contributed by atoms with Gasteiger partial charge in [0.15, 0.2) is 0 Å². The molecule has 1 saturated heterocycles. The molecule has 11 heteroatoms. The highest BCUT2D eigenvalue weighted by Gasteiger charge is 2.20. The van der Waals surface area contributed by atoms with Crippen molar-refractivity contribution < 1.29 is 17.9 Å². The molecule has 0 atom stereocenters. The highest BCUT2D eigenvalue weighted by atomic mass is 32.2. The van der Waals surface area contributed by atoms with Crippen LogP contribution in [0.25, 0.3) is 10.2 Å². The lowest BCUT2D eigenvalue weighted by molar-refractivity contribution is -0.135. The molecular formula is C20H22N4O5S2. The molecule has 1 aromatic carbocycles. The van der Waals surface area contributed by atoms with Crippen molar-refractivity contribution in [3.63, 3.8) is 0 Å². The summed E-state index contributed by atoms with van der Waals surface area (Å²) in [5, 5.41) is 0. The van der Waals surface area contributed by atoms with Crippen molar-refractivity contribution in [2.75, 3.05) is 31.0 Å². The number of carbonyl (C=O) groups is 1. The number of carbonyl (C=O) groups excluding carboxylic acids is 1. The predicted octanol–water partition coefficient (Wildman–Crippen LogP) is 1.82. The molecule has 3 heterocycles. The van der Waals surface area contributed by atoms with Gasteiger partial charge in [-0.05, 0) is 42.8 Å². The number of pyridine rings is 1. The van der Waals surface area contributed by atoms with Gasteiger partial charge in [0.25, 0.3) is 10.0 Å². The van der Waals surface area contributed by atoms with Crippen LogP contribution in [-0.4, -0.2) is 55.1 Å². The maximum atomic E-state index is 12.7. The molecule has 0 spiro atoms. The summed E-state index contributed by atoms with van der Waals surface area (Å²) >= 11 is 0.960. The first kappa shape index (κ1) is 21.5. The number of thiazole rings is 1. The van der Waals surface area contributed by atoms with E-state index in [4.69, 9.17) is 4.74 Å². The maximum absolute atomic E-state index is 12.7. The van der Waals surface area contributed by atoms with E-state index in [1.807, 2.05) is 6.92 Å². The van der Waals surface area contributed by atoms with Gasteiger partial charge in [0, 0.05) is 32.3 Å². The number of hydrogen-bond donors (Lipinski definition) is 1. The Morgan fingerprint density at radius 2 is 2.00 bits per heavy atom. The molecule has 3 aromatic rings. The van der Waals surface area contributed by atoms with Crippen molar-refractivity contribution in [1.82, 2.24) is 14.5 Å². The van der Waals surface area contributed by atoms with Crippen LogP contribution in [0.15, 0.2) is 46.2 Å². The first-order valence-corrected chi connectivity index (χ1v) is 12.1. The van der Waals surface area contributed by atoms with E-state index in [2.05, 4.69) is 9.71 Å². The van der Waals surface area contributed by atoms with Crippen LogP contribution in [0.5, 0.6) is 0 Å². The highest BCUT2D eigenvalue weighted by molar-refractivity contribution is 7.92. The second-order valence-corrected chi connectivity index (χ2v) is 9.89. The monoisotopic (exact) mass is 462 g/mol. The van der Waals surface area contributed by atoms with Gasteiger partial charge in [0.05, 0.1) is 28.3 Å². The second kappa shape index (κ2) is 8.77. The number of benzene rings is 1. The quantitative estimate of drug-likeness (QED) is 0.598. The Morgan fingerprint density at radius 1 is 1.23 bits per heavy atom. The number of fused-ring (bicyclic) bond motifs is 1. The molecule has 0 unspecified atom stereocenters. The Kier molecular flexibility index (Phi) is 6.08. The Morgan fingerprint density at radius 3 is 2.74 bits per heavy atom. The van der Waals surface area contributed by atoms with Crippen molar-refractivity contribution >= 4 is 43.3 Å². The number of hydrogen-bond acceptors (Lipinski definition) is 7. The minimum atomic E-state index is -3.86. The zero-order valence-electron chi connectivity index (χ0n) is 16.9. The van der Waals surface area contributed by atoms with E-state index in [-0.39, 0.29) is 34.5 Å². The van der Waals surface area contributed by atoms with Crippen LogP contribution in [0.1, 0.15) is 12.0 Å². The van der Waals surface area contributed by atoms with Gasteiger partial charge in [-0.2, -0.15) is 0 Å². The first-order valence-electron chi connectivity index (χ1n) is 9.78. The standard InChI is InChI=1S/C20H22N4O5S2/c1-14-4-6-21-18(12-14)22-31(27,28)15-2-3-16-17(13-15)30-20(26)24(16)7-5-19(25)23-8-10-29-11-9-23/h2-4,6,12-13H,5,7-11H2,1H3,(H,21,22). The lowest BCUT2D eigenvalue weighted by Crippen LogP contribution is -2.41. The Balaban J connectivity index is 1.54. The summed E-state index contributed by atoms with van der Waals surface area (Å²) in [6, 6.07) is 7.93. The summed E-state index contributed by atoms with van der Waals surface area (Å²) in [6.45, 7) is 4.25. The summed E-state index contributed by atoms with van der Waals surface area (Å²) in [5.41, 5.74) is 1.49. The third kappa shape index (κ3) is 4.78. The molecule has 0 radical (unpaired) electrons. The summed E-state index contributed by atoms with van der Waals surface area (Å²) in [6.07, 6.45) is 1.73. The fraction of sp³-hybridized carbons (Fsp3) is 0.350. The van der Waals surface area contributed by atoms with Crippen LogP contribution in [0, 0.1) is 6.92 Å². The number of sulfonamides is 1. The van der Waals surface area contributed by atoms with Gasteiger partial charge in [-0.1, -0.05) is 11.3 Å². The summed E-state index contributed by atoms with van der Waals surface area (Å²) in [7, 11) is -3.86. The van der Waals surface area contributed by atoms with Crippen LogP contribution < -0.4 is 9.60 Å². The fourth-order valence-corrected chi connectivity index (χ4v) is 5.45. The molecule has 0 aliphatic carbocycles. The molecule has 1 fully saturated rings.